The van der Waals surface area contributed by atoms with Gasteiger partial charge in [0.15, 0.2) is 0 Å². The minimum atomic E-state index is -0.927. The summed E-state index contributed by atoms with van der Waals surface area (Å²) in [5, 5.41) is 11.4. The van der Waals surface area contributed by atoms with Crippen LogP contribution in [0.5, 0.6) is 5.75 Å². The number of anilines is 1. The number of aryl methyl sites for hydroxylation is 2. The van der Waals surface area contributed by atoms with E-state index in [9.17, 15) is 19.5 Å². The first-order chi connectivity index (χ1) is 17.6. The summed E-state index contributed by atoms with van der Waals surface area (Å²) in [5.41, 5.74) is 3.09. The van der Waals surface area contributed by atoms with Crippen LogP contribution < -0.4 is 9.64 Å². The highest BCUT2D eigenvalue weighted by Crippen LogP contribution is 2.42. The third-order valence-corrected chi connectivity index (χ3v) is 6.17. The molecule has 1 unspecified atom stereocenters. The molecule has 1 aliphatic rings. The lowest BCUT2D eigenvalue weighted by molar-refractivity contribution is -0.132. The lowest BCUT2D eigenvalue weighted by Gasteiger charge is -2.25. The van der Waals surface area contributed by atoms with Crippen LogP contribution in [0, 0.1) is 13.8 Å². The molecule has 0 bridgehead atoms. The van der Waals surface area contributed by atoms with E-state index in [0.717, 1.165) is 5.56 Å². The number of amides is 1. The van der Waals surface area contributed by atoms with Gasteiger partial charge in [-0.3, -0.25) is 19.5 Å². The maximum absolute atomic E-state index is 13.4. The fourth-order valence-corrected chi connectivity index (χ4v) is 4.40. The number of benzene rings is 2. The van der Waals surface area contributed by atoms with Crippen molar-refractivity contribution in [1.82, 2.24) is 4.98 Å². The maximum atomic E-state index is 13.4. The predicted molar refractivity (Wildman–Crippen MR) is 138 cm³/mol. The minimum absolute atomic E-state index is 0.0473. The van der Waals surface area contributed by atoms with Gasteiger partial charge in [-0.15, -0.1) is 0 Å². The second kappa shape index (κ2) is 10.3. The van der Waals surface area contributed by atoms with Gasteiger partial charge in [0.1, 0.15) is 11.5 Å². The van der Waals surface area contributed by atoms with Gasteiger partial charge in [0, 0.05) is 23.6 Å². The zero-order valence-electron chi connectivity index (χ0n) is 21.3. The highest BCUT2D eigenvalue weighted by atomic mass is 16.5. The van der Waals surface area contributed by atoms with E-state index in [-0.39, 0.29) is 17.4 Å². The van der Waals surface area contributed by atoms with Gasteiger partial charge in [-0.1, -0.05) is 6.07 Å². The van der Waals surface area contributed by atoms with Gasteiger partial charge < -0.3 is 14.6 Å². The number of hydrogen-bond donors (Lipinski definition) is 1. The van der Waals surface area contributed by atoms with Crippen molar-refractivity contribution in [1.29, 1.82) is 0 Å². The van der Waals surface area contributed by atoms with Crippen molar-refractivity contribution in [2.75, 3.05) is 12.0 Å². The topological polar surface area (TPSA) is 106 Å². The molecule has 1 N–H and O–H groups in total. The van der Waals surface area contributed by atoms with Crippen molar-refractivity contribution >= 4 is 29.1 Å². The number of pyridine rings is 1. The molecule has 0 spiro atoms. The number of carbonyl (C=O) groups is 3. The number of aromatic nitrogens is 1. The zero-order valence-corrected chi connectivity index (χ0v) is 21.3. The first kappa shape index (κ1) is 25.6. The normalized spacial score (nSPS) is 16.8. The monoisotopic (exact) mass is 500 g/mol. The fraction of sp³-hybridized carbons (Fsp3) is 0.241. The van der Waals surface area contributed by atoms with Gasteiger partial charge in [-0.05, 0) is 86.8 Å². The van der Waals surface area contributed by atoms with E-state index in [1.165, 1.54) is 17.0 Å². The van der Waals surface area contributed by atoms with Crippen LogP contribution in [0.25, 0.3) is 5.76 Å². The van der Waals surface area contributed by atoms with Crippen LogP contribution in [-0.2, 0) is 14.3 Å². The summed E-state index contributed by atoms with van der Waals surface area (Å²) in [6.45, 7) is 7.14. The number of rotatable bonds is 6. The van der Waals surface area contributed by atoms with E-state index in [2.05, 4.69) is 4.98 Å². The van der Waals surface area contributed by atoms with Crippen LogP contribution in [-0.4, -0.2) is 41.0 Å². The molecule has 8 heteroatoms. The van der Waals surface area contributed by atoms with Crippen LogP contribution in [0.3, 0.4) is 0 Å². The number of esters is 1. The largest absolute Gasteiger partial charge is 0.507 e. The molecule has 1 fully saturated rings. The molecule has 2 heterocycles. The summed E-state index contributed by atoms with van der Waals surface area (Å²) in [5.74, 6) is -1.74. The molecule has 3 aromatic rings. The summed E-state index contributed by atoms with van der Waals surface area (Å²) in [7, 11) is 1.56. The van der Waals surface area contributed by atoms with Crippen LogP contribution in [0.4, 0.5) is 5.69 Å². The molecule has 1 atom stereocenters. The molecule has 2 aromatic carbocycles. The van der Waals surface area contributed by atoms with Crippen molar-refractivity contribution in [2.45, 2.75) is 39.8 Å². The predicted octanol–water partition coefficient (Wildman–Crippen LogP) is 4.90. The minimum Gasteiger partial charge on any atom is -0.507 e. The summed E-state index contributed by atoms with van der Waals surface area (Å²) >= 11 is 0. The molecule has 8 nitrogen and oxygen atoms in total. The molecule has 1 amide bonds. The van der Waals surface area contributed by atoms with Crippen LogP contribution in [0.1, 0.15) is 52.5 Å². The summed E-state index contributed by atoms with van der Waals surface area (Å²) in [6.07, 6.45) is 2.86. The van der Waals surface area contributed by atoms with E-state index in [4.69, 9.17) is 9.47 Å². The number of ketones is 1. The Balaban J connectivity index is 1.86. The third kappa shape index (κ3) is 4.82. The van der Waals surface area contributed by atoms with Gasteiger partial charge in [0.2, 0.25) is 0 Å². The summed E-state index contributed by atoms with van der Waals surface area (Å²) in [4.78, 5) is 44.5. The highest BCUT2D eigenvalue weighted by molar-refractivity contribution is 6.51. The number of aliphatic hydroxyl groups excluding tert-OH is 1. The number of aliphatic hydroxyl groups is 1. The van der Waals surface area contributed by atoms with Crippen molar-refractivity contribution in [2.24, 2.45) is 0 Å². The average Bonchev–Trinajstić information content (AvgIpc) is 3.15. The number of methoxy groups -OCH3 is 1. The van der Waals surface area contributed by atoms with Gasteiger partial charge in [0.25, 0.3) is 11.7 Å². The number of carbonyl (C=O) groups excluding carboxylic acids is 3. The molecule has 190 valence electrons. The molecule has 1 aliphatic heterocycles. The van der Waals surface area contributed by atoms with E-state index < -0.39 is 23.7 Å². The third-order valence-electron chi connectivity index (χ3n) is 6.17. The summed E-state index contributed by atoms with van der Waals surface area (Å²) in [6, 6.07) is 12.2. The number of nitrogens with zero attached hydrogens (tertiary/aromatic N) is 2. The molecule has 0 saturated carbocycles. The highest BCUT2D eigenvalue weighted by Gasteiger charge is 2.47. The molecule has 4 rings (SSSR count). The molecule has 1 saturated heterocycles. The SMILES string of the molecule is COc1cc(C)c(/C(O)=C2\C(=O)C(=O)N(c3ccc(C(=O)OC(C)C)cc3)C2c2cccnc2)cc1C. The average molecular weight is 501 g/mol. The Morgan fingerprint density at radius 1 is 1.05 bits per heavy atom. The maximum Gasteiger partial charge on any atom is 0.338 e. The fourth-order valence-electron chi connectivity index (χ4n) is 4.40. The Morgan fingerprint density at radius 3 is 2.35 bits per heavy atom. The lowest BCUT2D eigenvalue weighted by Crippen LogP contribution is -2.29. The smallest absolute Gasteiger partial charge is 0.338 e. The molecule has 0 radical (unpaired) electrons. The van der Waals surface area contributed by atoms with Crippen molar-refractivity contribution < 1.29 is 29.0 Å². The van der Waals surface area contributed by atoms with Crippen LogP contribution in [0.15, 0.2) is 66.5 Å². The second-order valence-electron chi connectivity index (χ2n) is 9.09. The van der Waals surface area contributed by atoms with E-state index >= 15 is 0 Å². The lowest BCUT2D eigenvalue weighted by atomic mass is 9.93. The molecule has 37 heavy (non-hydrogen) atoms. The number of hydrogen-bond acceptors (Lipinski definition) is 7. The quantitative estimate of drug-likeness (QED) is 0.222. The Morgan fingerprint density at radius 2 is 1.76 bits per heavy atom. The van der Waals surface area contributed by atoms with Crippen molar-refractivity contribution in [3.63, 3.8) is 0 Å². The zero-order chi connectivity index (χ0) is 26.9. The molecule has 1 aromatic heterocycles. The Hall–Kier alpha value is -4.46. The summed E-state index contributed by atoms with van der Waals surface area (Å²) < 4.78 is 10.6. The van der Waals surface area contributed by atoms with Crippen molar-refractivity contribution in [3.8, 4) is 5.75 Å². The number of Topliss-reactive ketones (excluding diaryl/α,β-unsaturated/α-hetero) is 1. The molecule has 0 aliphatic carbocycles. The van der Waals surface area contributed by atoms with Gasteiger partial charge in [-0.2, -0.15) is 0 Å². The van der Waals surface area contributed by atoms with Gasteiger partial charge in [-0.25, -0.2) is 4.79 Å². The van der Waals surface area contributed by atoms with E-state index in [1.807, 2.05) is 6.92 Å². The molecular weight excluding hydrogens is 472 g/mol. The van der Waals surface area contributed by atoms with E-state index in [1.54, 1.807) is 76.7 Å². The Kier molecular flexibility index (Phi) is 7.11. The van der Waals surface area contributed by atoms with Gasteiger partial charge >= 0.3 is 5.97 Å². The Bertz CT molecular complexity index is 1390. The number of ether oxygens (including phenoxy) is 2. The van der Waals surface area contributed by atoms with E-state index in [0.29, 0.717) is 33.7 Å². The first-order valence-electron chi connectivity index (χ1n) is 11.8. The standard InChI is InChI=1S/C29H28N2O6/c1-16(2)37-29(35)19-8-10-21(11-9-19)31-25(20-7-6-12-30-15-20)24(27(33)28(31)34)26(32)22-13-18(4)23(36-5)14-17(22)3/h6-16,25,32H,1-5H3/b26-24+. The van der Waals surface area contributed by atoms with Crippen LogP contribution in [0.2, 0.25) is 0 Å². The molecular formula is C29H28N2O6. The Labute approximate surface area is 215 Å². The van der Waals surface area contributed by atoms with Gasteiger partial charge in [0.05, 0.1) is 30.4 Å². The second-order valence-corrected chi connectivity index (χ2v) is 9.09. The van der Waals surface area contributed by atoms with Crippen molar-refractivity contribution in [3.05, 3.63) is 94.3 Å². The van der Waals surface area contributed by atoms with Crippen LogP contribution >= 0.6 is 0 Å². The first-order valence-corrected chi connectivity index (χ1v) is 11.8.